The quantitative estimate of drug-likeness (QED) is 0.645. The number of rotatable bonds is 5. The van der Waals surface area contributed by atoms with Crippen molar-refractivity contribution < 1.29 is 19.4 Å². The van der Waals surface area contributed by atoms with Crippen molar-refractivity contribution in [2.75, 3.05) is 6.61 Å². The highest BCUT2D eigenvalue weighted by molar-refractivity contribution is 5.99. The van der Waals surface area contributed by atoms with Gasteiger partial charge in [0, 0.05) is 5.56 Å². The number of esters is 1. The summed E-state index contributed by atoms with van der Waals surface area (Å²) in [5.41, 5.74) is 2.15. The Hall–Kier alpha value is -2.62. The van der Waals surface area contributed by atoms with E-state index in [0.29, 0.717) is 17.0 Å². The molecule has 4 nitrogen and oxygen atoms in total. The van der Waals surface area contributed by atoms with E-state index in [2.05, 4.69) is 0 Å². The zero-order valence-electron chi connectivity index (χ0n) is 14.1. The Morgan fingerprint density at radius 2 is 1.48 bits per heavy atom. The van der Waals surface area contributed by atoms with Gasteiger partial charge in [0.15, 0.2) is 12.4 Å². The predicted octanol–water partition coefficient (Wildman–Crippen LogP) is 4.48. The number of Topliss-reactive ketones (excluding diaryl/α,β-unsaturated/α-hetero) is 1. The monoisotopic (exact) mass is 338 g/mol. The van der Waals surface area contributed by atoms with Gasteiger partial charge in [0.05, 0.1) is 5.56 Å². The van der Waals surface area contributed by atoms with Crippen LogP contribution < -0.4 is 0 Å². The molecule has 25 heavy (non-hydrogen) atoms. The fourth-order valence-electron chi connectivity index (χ4n) is 3.27. The van der Waals surface area contributed by atoms with Gasteiger partial charge < -0.3 is 9.84 Å². The third kappa shape index (κ3) is 4.47. The van der Waals surface area contributed by atoms with E-state index in [-0.39, 0.29) is 18.1 Å². The van der Waals surface area contributed by atoms with E-state index in [1.807, 2.05) is 24.3 Å². The number of ketones is 1. The first-order valence-electron chi connectivity index (χ1n) is 8.73. The molecule has 0 amide bonds. The highest BCUT2D eigenvalue weighted by atomic mass is 16.5. The van der Waals surface area contributed by atoms with Crippen molar-refractivity contribution >= 4 is 11.8 Å². The summed E-state index contributed by atoms with van der Waals surface area (Å²) in [6.07, 6.45) is 6.31. The first kappa shape index (κ1) is 17.2. The molecular formula is C21H22O4. The maximum atomic E-state index is 12.2. The summed E-state index contributed by atoms with van der Waals surface area (Å²) < 4.78 is 5.06. The molecule has 1 aliphatic carbocycles. The smallest absolute Gasteiger partial charge is 0.338 e. The first-order chi connectivity index (χ1) is 12.1. The highest BCUT2D eigenvalue weighted by Crippen LogP contribution is 2.32. The molecule has 1 aliphatic rings. The van der Waals surface area contributed by atoms with E-state index in [4.69, 9.17) is 4.74 Å². The standard InChI is InChI=1S/C21H22O4/c22-19-12-10-18(11-13-19)21(24)25-14-20(23)17-8-6-16(7-9-17)15-4-2-1-3-5-15/h6-13,15,22H,1-5,14H2. The van der Waals surface area contributed by atoms with Gasteiger partial charge in [-0.2, -0.15) is 0 Å². The van der Waals surface area contributed by atoms with Crippen LogP contribution in [0.15, 0.2) is 48.5 Å². The van der Waals surface area contributed by atoms with Crippen LogP contribution >= 0.6 is 0 Å². The number of phenolic OH excluding ortho intramolecular Hbond substituents is 1. The van der Waals surface area contributed by atoms with Crippen LogP contribution in [0.1, 0.15) is 64.3 Å². The summed E-state index contributed by atoms with van der Waals surface area (Å²) in [5, 5.41) is 9.22. The summed E-state index contributed by atoms with van der Waals surface area (Å²) in [6.45, 7) is -0.289. The molecule has 1 fully saturated rings. The van der Waals surface area contributed by atoms with Crippen LogP contribution in [-0.4, -0.2) is 23.5 Å². The number of hydrogen-bond donors (Lipinski definition) is 1. The summed E-state index contributed by atoms with van der Waals surface area (Å²) in [6, 6.07) is 13.4. The molecule has 2 aromatic rings. The van der Waals surface area contributed by atoms with Crippen LogP contribution in [0.3, 0.4) is 0 Å². The van der Waals surface area contributed by atoms with E-state index in [9.17, 15) is 14.7 Å². The predicted molar refractivity (Wildman–Crippen MR) is 95.0 cm³/mol. The van der Waals surface area contributed by atoms with Crippen LogP contribution in [0, 0.1) is 0 Å². The van der Waals surface area contributed by atoms with Gasteiger partial charge in [-0.05, 0) is 48.6 Å². The van der Waals surface area contributed by atoms with Crippen LogP contribution in [0.4, 0.5) is 0 Å². The molecule has 0 aliphatic heterocycles. The Balaban J connectivity index is 1.55. The zero-order valence-corrected chi connectivity index (χ0v) is 14.1. The molecule has 2 aromatic carbocycles. The number of benzene rings is 2. The lowest BCUT2D eigenvalue weighted by Crippen LogP contribution is -2.14. The van der Waals surface area contributed by atoms with Crippen LogP contribution in [0.25, 0.3) is 0 Å². The molecule has 0 atom stereocenters. The average Bonchev–Trinajstić information content (AvgIpc) is 2.67. The molecule has 0 unspecified atom stereocenters. The molecule has 130 valence electrons. The topological polar surface area (TPSA) is 63.6 Å². The fourth-order valence-corrected chi connectivity index (χ4v) is 3.27. The number of hydrogen-bond acceptors (Lipinski definition) is 4. The first-order valence-corrected chi connectivity index (χ1v) is 8.73. The molecule has 0 heterocycles. The van der Waals surface area contributed by atoms with Crippen molar-refractivity contribution in [3.63, 3.8) is 0 Å². The number of aromatic hydroxyl groups is 1. The molecule has 1 saturated carbocycles. The molecule has 0 spiro atoms. The van der Waals surface area contributed by atoms with Crippen LogP contribution in [-0.2, 0) is 4.74 Å². The van der Waals surface area contributed by atoms with Crippen molar-refractivity contribution in [1.82, 2.24) is 0 Å². The number of ether oxygens (including phenoxy) is 1. The van der Waals surface area contributed by atoms with Gasteiger partial charge >= 0.3 is 5.97 Å². The Kier molecular flexibility index (Phi) is 5.49. The maximum Gasteiger partial charge on any atom is 0.338 e. The zero-order chi connectivity index (χ0) is 17.6. The molecule has 0 aromatic heterocycles. The molecular weight excluding hydrogens is 316 g/mol. The lowest BCUT2D eigenvalue weighted by Gasteiger charge is -2.22. The van der Waals surface area contributed by atoms with Gasteiger partial charge in [0.1, 0.15) is 5.75 Å². The second kappa shape index (κ2) is 7.97. The van der Waals surface area contributed by atoms with Gasteiger partial charge in [-0.15, -0.1) is 0 Å². The molecule has 4 heteroatoms. The van der Waals surface area contributed by atoms with Crippen molar-refractivity contribution in [2.24, 2.45) is 0 Å². The number of phenols is 1. The Bertz CT molecular complexity index is 725. The van der Waals surface area contributed by atoms with Crippen LogP contribution in [0.2, 0.25) is 0 Å². The SMILES string of the molecule is O=C(COC(=O)c1ccc(O)cc1)c1ccc(C2CCCCC2)cc1. The molecule has 3 rings (SSSR count). The van der Waals surface area contributed by atoms with Gasteiger partial charge in [-0.25, -0.2) is 4.79 Å². The second-order valence-electron chi connectivity index (χ2n) is 6.50. The maximum absolute atomic E-state index is 12.2. The van der Waals surface area contributed by atoms with E-state index >= 15 is 0 Å². The average molecular weight is 338 g/mol. The van der Waals surface area contributed by atoms with E-state index in [1.54, 1.807) is 0 Å². The number of carbonyl (C=O) groups is 2. The minimum Gasteiger partial charge on any atom is -0.508 e. The van der Waals surface area contributed by atoms with Crippen molar-refractivity contribution in [3.05, 3.63) is 65.2 Å². The highest BCUT2D eigenvalue weighted by Gasteiger charge is 2.16. The summed E-state index contributed by atoms with van der Waals surface area (Å²) in [5.74, 6) is -0.120. The third-order valence-corrected chi connectivity index (χ3v) is 4.75. The van der Waals surface area contributed by atoms with Crippen molar-refractivity contribution in [2.45, 2.75) is 38.0 Å². The number of carbonyl (C=O) groups excluding carboxylic acids is 2. The third-order valence-electron chi connectivity index (χ3n) is 4.75. The Labute approximate surface area is 147 Å². The fraction of sp³-hybridized carbons (Fsp3) is 0.333. The largest absolute Gasteiger partial charge is 0.508 e. The summed E-state index contributed by atoms with van der Waals surface area (Å²) >= 11 is 0. The van der Waals surface area contributed by atoms with Gasteiger partial charge in [0.2, 0.25) is 0 Å². The van der Waals surface area contributed by atoms with E-state index < -0.39 is 5.97 Å². The van der Waals surface area contributed by atoms with Gasteiger partial charge in [-0.1, -0.05) is 43.5 Å². The molecule has 0 bridgehead atoms. The van der Waals surface area contributed by atoms with Gasteiger partial charge in [-0.3, -0.25) is 4.79 Å². The normalized spacial score (nSPS) is 14.9. The van der Waals surface area contributed by atoms with E-state index in [0.717, 1.165) is 0 Å². The second-order valence-corrected chi connectivity index (χ2v) is 6.50. The van der Waals surface area contributed by atoms with E-state index in [1.165, 1.54) is 61.9 Å². The molecule has 1 N–H and O–H groups in total. The van der Waals surface area contributed by atoms with Crippen molar-refractivity contribution in [3.8, 4) is 5.75 Å². The Morgan fingerprint density at radius 3 is 2.12 bits per heavy atom. The molecule has 0 saturated heterocycles. The summed E-state index contributed by atoms with van der Waals surface area (Å²) in [7, 11) is 0. The van der Waals surface area contributed by atoms with Crippen molar-refractivity contribution in [1.29, 1.82) is 0 Å². The molecule has 0 radical (unpaired) electrons. The van der Waals surface area contributed by atoms with Crippen LogP contribution in [0.5, 0.6) is 5.75 Å². The van der Waals surface area contributed by atoms with Gasteiger partial charge in [0.25, 0.3) is 0 Å². The Morgan fingerprint density at radius 1 is 0.880 bits per heavy atom. The lowest BCUT2D eigenvalue weighted by molar-refractivity contribution is 0.0474. The summed E-state index contributed by atoms with van der Waals surface area (Å²) in [4.78, 5) is 24.1. The lowest BCUT2D eigenvalue weighted by atomic mass is 9.84. The minimum absolute atomic E-state index is 0.0747. The minimum atomic E-state index is -0.577.